The quantitative estimate of drug-likeness (QED) is 0.161. The highest BCUT2D eigenvalue weighted by atomic mass is 32.2. The maximum atomic E-state index is 15.8. The van der Waals surface area contributed by atoms with E-state index in [-0.39, 0.29) is 22.3 Å². The summed E-state index contributed by atoms with van der Waals surface area (Å²) in [4.78, 5) is 2.32. The second-order valence-corrected chi connectivity index (χ2v) is 29.1. The van der Waals surface area contributed by atoms with Crippen molar-refractivity contribution in [3.63, 3.8) is 0 Å². The first-order valence-corrected chi connectivity index (χ1v) is 30.8. The molecule has 8 aromatic rings. The number of hydrogen-bond donors (Lipinski definition) is 0. The van der Waals surface area contributed by atoms with Crippen molar-refractivity contribution >= 4 is 110 Å². The predicted molar refractivity (Wildman–Crippen MR) is 329 cm³/mol. The molecule has 0 spiro atoms. The van der Waals surface area contributed by atoms with E-state index < -0.39 is 76.8 Å². The summed E-state index contributed by atoms with van der Waals surface area (Å²) < 4.78 is 182. The van der Waals surface area contributed by atoms with Crippen molar-refractivity contribution in [2.75, 3.05) is 0 Å². The van der Waals surface area contributed by atoms with Gasteiger partial charge in [0.2, 0.25) is 0 Å². The molecule has 2 fully saturated rings. The SMILES string of the molecule is C[C@]12SC(c3cccc4ccccc34)=CC1=C1C(=C3C=C(c4cccc5ccccc45)S[C@@]32C)C(F)(F)C(F)(F)C1(F)F.C[C@]12SC(c3cccc4ccccc34)=CC1=C1C(=C3C=C(c4cccc5ccccc45)S[C@@]32C)C(F)(F)C(F)(F)C1(F)F. The molecular formula is C70H44F12S4. The minimum absolute atomic E-state index is 0.163. The van der Waals surface area contributed by atoms with Crippen LogP contribution < -0.4 is 0 Å². The van der Waals surface area contributed by atoms with Crippen molar-refractivity contribution in [2.45, 2.75) is 82.2 Å². The molecule has 4 aliphatic heterocycles. The van der Waals surface area contributed by atoms with Gasteiger partial charge in [-0.05, 0) is 140 Å². The van der Waals surface area contributed by atoms with Crippen LogP contribution in [0.4, 0.5) is 52.7 Å². The Hall–Kier alpha value is -6.72. The van der Waals surface area contributed by atoms with Crippen LogP contribution in [0.25, 0.3) is 62.7 Å². The molecule has 4 heterocycles. The van der Waals surface area contributed by atoms with E-state index >= 15 is 52.7 Å². The predicted octanol–water partition coefficient (Wildman–Crippen LogP) is 21.8. The van der Waals surface area contributed by atoms with Crippen molar-refractivity contribution in [1.29, 1.82) is 0 Å². The number of rotatable bonds is 4. The molecule has 4 aliphatic carbocycles. The molecule has 0 unspecified atom stereocenters. The second kappa shape index (κ2) is 18.0. The molecule has 0 N–H and O–H groups in total. The lowest BCUT2D eigenvalue weighted by Gasteiger charge is -2.47. The lowest BCUT2D eigenvalue weighted by Crippen LogP contribution is -2.48. The van der Waals surface area contributed by atoms with Crippen LogP contribution in [0.2, 0.25) is 0 Å². The normalized spacial score (nSPS) is 28.2. The number of hydrogen-bond acceptors (Lipinski definition) is 4. The van der Waals surface area contributed by atoms with Crippen LogP contribution in [0, 0.1) is 0 Å². The number of alkyl halides is 12. The summed E-state index contributed by atoms with van der Waals surface area (Å²) in [6, 6.07) is 52.8. The van der Waals surface area contributed by atoms with E-state index in [4.69, 9.17) is 0 Å². The Morgan fingerprint density at radius 2 is 0.430 bits per heavy atom. The van der Waals surface area contributed by atoms with Crippen LogP contribution in [0.1, 0.15) is 49.9 Å². The zero-order valence-corrected chi connectivity index (χ0v) is 48.9. The Morgan fingerprint density at radius 1 is 0.244 bits per heavy atom. The maximum absolute atomic E-state index is 15.8. The molecule has 0 amide bonds. The van der Waals surface area contributed by atoms with E-state index in [9.17, 15) is 0 Å². The molecule has 0 bridgehead atoms. The van der Waals surface area contributed by atoms with Crippen molar-refractivity contribution in [2.24, 2.45) is 0 Å². The Morgan fingerprint density at radius 3 is 0.640 bits per heavy atom. The van der Waals surface area contributed by atoms with Crippen LogP contribution in [-0.4, -0.2) is 54.5 Å². The van der Waals surface area contributed by atoms with Gasteiger partial charge in [-0.1, -0.05) is 170 Å². The first-order valence-electron chi connectivity index (χ1n) is 27.5. The zero-order valence-electron chi connectivity index (χ0n) is 45.6. The summed E-state index contributed by atoms with van der Waals surface area (Å²) in [5.41, 5.74) is -2.65. The highest BCUT2D eigenvalue weighted by Gasteiger charge is 2.86. The summed E-state index contributed by atoms with van der Waals surface area (Å²) >= 11 is 5.13. The first kappa shape index (κ1) is 55.8. The van der Waals surface area contributed by atoms with Gasteiger partial charge in [-0.15, -0.1) is 47.0 Å². The molecule has 0 nitrogen and oxygen atoms in total. The van der Waals surface area contributed by atoms with E-state index in [1.807, 2.05) is 170 Å². The molecule has 0 saturated heterocycles. The fraction of sp³-hybridized carbons (Fsp3) is 0.200. The molecule has 8 aliphatic rings. The molecule has 16 rings (SSSR count). The largest absolute Gasteiger partial charge is 0.380 e. The number of halogens is 12. The fourth-order valence-corrected chi connectivity index (χ4v) is 20.5. The zero-order chi connectivity index (χ0) is 60.3. The highest BCUT2D eigenvalue weighted by Crippen LogP contribution is 2.78. The Labute approximate surface area is 502 Å². The molecule has 16 heteroatoms. The van der Waals surface area contributed by atoms with Crippen LogP contribution in [0.5, 0.6) is 0 Å². The summed E-state index contributed by atoms with van der Waals surface area (Å²) in [6.45, 7) is 6.90. The fourth-order valence-electron chi connectivity index (χ4n) is 14.1. The second-order valence-electron chi connectivity index (χ2n) is 23.3. The lowest BCUT2D eigenvalue weighted by atomic mass is 9.71. The van der Waals surface area contributed by atoms with Crippen molar-refractivity contribution in [3.05, 3.63) is 261 Å². The molecule has 0 radical (unpaired) electrons. The van der Waals surface area contributed by atoms with Crippen molar-refractivity contribution in [3.8, 4) is 0 Å². The number of benzene rings is 8. The molecule has 86 heavy (non-hydrogen) atoms. The van der Waals surface area contributed by atoms with E-state index in [0.29, 0.717) is 19.6 Å². The molecule has 2 saturated carbocycles. The van der Waals surface area contributed by atoms with E-state index in [0.717, 1.165) is 65.3 Å². The van der Waals surface area contributed by atoms with Gasteiger partial charge in [0.15, 0.2) is 0 Å². The monoisotopic (exact) mass is 1240 g/mol. The van der Waals surface area contributed by atoms with E-state index in [2.05, 4.69) is 0 Å². The maximum Gasteiger partial charge on any atom is 0.380 e. The van der Waals surface area contributed by atoms with Crippen molar-refractivity contribution < 1.29 is 52.7 Å². The molecule has 0 aromatic heterocycles. The Balaban J connectivity index is 0.000000145. The number of fused-ring (bicyclic) bond motifs is 12. The first-order chi connectivity index (χ1) is 40.7. The van der Waals surface area contributed by atoms with Gasteiger partial charge in [0.25, 0.3) is 0 Å². The average Bonchev–Trinajstić information content (AvgIpc) is 1.49. The van der Waals surface area contributed by atoms with Gasteiger partial charge >= 0.3 is 35.5 Å². The molecular weight excluding hydrogens is 1200 g/mol. The van der Waals surface area contributed by atoms with Gasteiger partial charge in [0.05, 0.1) is 19.0 Å². The molecule has 8 aromatic carbocycles. The molecule has 432 valence electrons. The van der Waals surface area contributed by atoms with Gasteiger partial charge in [0, 0.05) is 41.9 Å². The number of thioether (sulfide) groups is 4. The standard InChI is InChI=1S/2C35H22F6S2/c2*1-31-25(17-27(42-31)23-15-7-11-19-9-3-5-13-21(19)23)29-30(34(38,39)35(40,41)33(29,36)37)26-18-28(43-32(26,31)2)24-16-8-12-20-10-4-6-14-22(20)24/h2*3-18H,1-2H3/t2*31-,32-/m00/s1. The number of allylic oxidation sites excluding steroid dienone is 8. The van der Waals surface area contributed by atoms with Crippen LogP contribution in [0.3, 0.4) is 0 Å². The summed E-state index contributed by atoms with van der Waals surface area (Å²) in [6.07, 6.45) is 5.80. The topological polar surface area (TPSA) is 0 Å². The molecule has 4 atom stereocenters. The van der Waals surface area contributed by atoms with Crippen LogP contribution >= 0.6 is 47.0 Å². The third-order valence-electron chi connectivity index (χ3n) is 18.9. The van der Waals surface area contributed by atoms with E-state index in [1.165, 1.54) is 71.4 Å². The minimum Gasteiger partial charge on any atom is -0.194 e. The van der Waals surface area contributed by atoms with Gasteiger partial charge in [-0.3, -0.25) is 0 Å². The summed E-state index contributed by atoms with van der Waals surface area (Å²) in [7, 11) is 0. The minimum atomic E-state index is -5.59. The third kappa shape index (κ3) is 6.90. The van der Waals surface area contributed by atoms with Gasteiger partial charge in [-0.2, -0.15) is 52.7 Å². The lowest BCUT2D eigenvalue weighted by molar-refractivity contribution is -0.258. The smallest absolute Gasteiger partial charge is 0.194 e. The Kier molecular flexibility index (Phi) is 11.7. The average molecular weight is 1240 g/mol. The Bertz CT molecular complexity index is 4090. The van der Waals surface area contributed by atoms with Crippen LogP contribution in [0.15, 0.2) is 239 Å². The van der Waals surface area contributed by atoms with Gasteiger partial charge < -0.3 is 0 Å². The third-order valence-corrected chi connectivity index (χ3v) is 25.5. The van der Waals surface area contributed by atoms with Gasteiger partial charge in [-0.25, -0.2) is 0 Å². The van der Waals surface area contributed by atoms with Gasteiger partial charge in [0.1, 0.15) is 0 Å². The van der Waals surface area contributed by atoms with E-state index in [1.54, 1.807) is 27.7 Å². The summed E-state index contributed by atoms with van der Waals surface area (Å²) in [5, 5.41) is 7.12. The van der Waals surface area contributed by atoms with Crippen molar-refractivity contribution in [1.82, 2.24) is 0 Å². The highest BCUT2D eigenvalue weighted by molar-refractivity contribution is 8.14. The van der Waals surface area contributed by atoms with Crippen LogP contribution in [-0.2, 0) is 0 Å². The summed E-state index contributed by atoms with van der Waals surface area (Å²) in [5.74, 6) is -31.4.